The summed E-state index contributed by atoms with van der Waals surface area (Å²) in [7, 11) is -3.50. The van der Waals surface area contributed by atoms with Crippen LogP contribution in [0.1, 0.15) is 25.7 Å². The molecule has 0 aromatic rings. The molecule has 132 valence electrons. The lowest BCUT2D eigenvalue weighted by molar-refractivity contribution is -0.132. The second-order valence-electron chi connectivity index (χ2n) is 5.70. The summed E-state index contributed by atoms with van der Waals surface area (Å²) >= 11 is 1.55. The van der Waals surface area contributed by atoms with Gasteiger partial charge in [0.05, 0.1) is 23.7 Å². The summed E-state index contributed by atoms with van der Waals surface area (Å²) in [6.45, 7) is 0.0451. The van der Waals surface area contributed by atoms with E-state index in [1.165, 1.54) is 5.01 Å². The van der Waals surface area contributed by atoms with Crippen LogP contribution in [0.15, 0.2) is 0 Å². The number of hydrazine groups is 1. The van der Waals surface area contributed by atoms with Crippen LogP contribution in [0, 0.1) is 11.3 Å². The van der Waals surface area contributed by atoms with Gasteiger partial charge in [0.15, 0.2) is 0 Å². The number of halogens is 1. The predicted molar refractivity (Wildman–Crippen MR) is 90.9 cm³/mol. The van der Waals surface area contributed by atoms with Gasteiger partial charge in [-0.3, -0.25) is 10.6 Å². The molecule has 2 rings (SSSR count). The number of carbonyl (C=O) groups is 1. The highest BCUT2D eigenvalue weighted by molar-refractivity contribution is 7.99. The van der Waals surface area contributed by atoms with Crippen molar-refractivity contribution in [3.63, 3.8) is 0 Å². The third-order valence-corrected chi connectivity index (χ3v) is 6.66. The van der Waals surface area contributed by atoms with Crippen molar-refractivity contribution < 1.29 is 13.2 Å². The molecular formula is C12H22ClN5O3S2. The Morgan fingerprint density at radius 2 is 1.96 bits per heavy atom. The van der Waals surface area contributed by atoms with Crippen LogP contribution in [-0.4, -0.2) is 59.7 Å². The summed E-state index contributed by atoms with van der Waals surface area (Å²) in [5.74, 6) is 6.96. The van der Waals surface area contributed by atoms with Gasteiger partial charge in [-0.05, 0) is 25.7 Å². The lowest BCUT2D eigenvalue weighted by Crippen LogP contribution is -2.51. The number of rotatable bonds is 4. The summed E-state index contributed by atoms with van der Waals surface area (Å²) in [4.78, 5) is 13.8. The number of hydrogen-bond acceptors (Lipinski definition) is 7. The minimum Gasteiger partial charge on any atom is -0.315 e. The normalized spacial score (nSPS) is 28.3. The van der Waals surface area contributed by atoms with E-state index in [2.05, 4.69) is 6.07 Å². The van der Waals surface area contributed by atoms with E-state index in [1.54, 1.807) is 16.7 Å². The Kier molecular flexibility index (Phi) is 7.57. The fraction of sp³-hybridized carbons (Fsp3) is 0.833. The fourth-order valence-electron chi connectivity index (χ4n) is 2.88. The van der Waals surface area contributed by atoms with Crippen LogP contribution in [0.4, 0.5) is 0 Å². The molecule has 4 N–H and O–H groups in total. The number of nitrogens with two attached hydrogens (primary N) is 2. The number of hydrogen-bond donors (Lipinski definition) is 2. The van der Waals surface area contributed by atoms with Crippen LogP contribution < -0.4 is 11.0 Å². The molecule has 0 radical (unpaired) electrons. The number of amides is 1. The van der Waals surface area contributed by atoms with E-state index in [4.69, 9.17) is 16.2 Å². The van der Waals surface area contributed by atoms with Crippen LogP contribution in [0.3, 0.4) is 0 Å². The summed E-state index contributed by atoms with van der Waals surface area (Å²) in [6, 6.07) is 1.70. The third-order valence-electron chi connectivity index (χ3n) is 4.25. The molecule has 1 unspecified atom stereocenters. The van der Waals surface area contributed by atoms with Gasteiger partial charge in [0, 0.05) is 11.8 Å². The van der Waals surface area contributed by atoms with Crippen molar-refractivity contribution in [3.8, 4) is 6.07 Å². The smallest absolute Gasteiger partial charge is 0.239 e. The average Bonchev–Trinajstić information content (AvgIpc) is 2.95. The molecule has 2 aliphatic rings. The Hall–Kier alpha value is -0.570. The van der Waals surface area contributed by atoms with Crippen molar-refractivity contribution in [1.29, 1.82) is 5.26 Å². The van der Waals surface area contributed by atoms with Crippen molar-refractivity contribution in [3.05, 3.63) is 0 Å². The summed E-state index contributed by atoms with van der Waals surface area (Å²) in [5, 5.41) is 15.1. The van der Waals surface area contributed by atoms with Crippen molar-refractivity contribution in [2.24, 2.45) is 11.0 Å². The Morgan fingerprint density at radius 1 is 1.35 bits per heavy atom. The minimum atomic E-state index is -3.50. The average molecular weight is 384 g/mol. The lowest BCUT2D eigenvalue weighted by Gasteiger charge is -2.33. The van der Waals surface area contributed by atoms with Crippen LogP contribution in [0.25, 0.3) is 0 Å². The monoisotopic (exact) mass is 383 g/mol. The standard InChI is InChI=1S/C12H21N5O3S2.ClH/c13-5-10-7-21-8-16(10)12(18)6-17(14)9-1-3-11(4-2-9)22(15,19)20;/h9-11H,1-4,6-8,14H2,(H2,15,19,20);1H. The number of nitrogens with zero attached hydrogens (tertiary/aromatic N) is 3. The first kappa shape index (κ1) is 20.5. The molecule has 0 aromatic heterocycles. The minimum absolute atomic E-state index is 0. The van der Waals surface area contributed by atoms with Gasteiger partial charge in [0.25, 0.3) is 0 Å². The molecule has 1 saturated carbocycles. The Labute approximate surface area is 147 Å². The second-order valence-corrected chi connectivity index (χ2v) is 8.54. The van der Waals surface area contributed by atoms with Gasteiger partial charge in [-0.1, -0.05) is 0 Å². The molecular weight excluding hydrogens is 362 g/mol. The number of primary sulfonamides is 1. The molecule has 0 spiro atoms. The van der Waals surface area contributed by atoms with Crippen molar-refractivity contribution in [2.75, 3.05) is 18.2 Å². The summed E-state index contributed by atoms with van der Waals surface area (Å²) in [6.07, 6.45) is 2.13. The van der Waals surface area contributed by atoms with Gasteiger partial charge in [0.1, 0.15) is 6.04 Å². The molecule has 0 aromatic carbocycles. The van der Waals surface area contributed by atoms with E-state index in [9.17, 15) is 13.2 Å². The number of carbonyl (C=O) groups excluding carboxylic acids is 1. The largest absolute Gasteiger partial charge is 0.315 e. The zero-order valence-corrected chi connectivity index (χ0v) is 15.1. The van der Waals surface area contributed by atoms with E-state index in [0.717, 1.165) is 0 Å². The number of thioether (sulfide) groups is 1. The Morgan fingerprint density at radius 3 is 2.48 bits per heavy atom. The van der Waals surface area contributed by atoms with E-state index >= 15 is 0 Å². The van der Waals surface area contributed by atoms with Gasteiger partial charge in [0.2, 0.25) is 15.9 Å². The second kappa shape index (κ2) is 8.50. The number of sulfonamides is 1. The predicted octanol–water partition coefficient (Wildman–Crippen LogP) is -0.391. The van der Waals surface area contributed by atoms with E-state index in [-0.39, 0.29) is 36.9 Å². The molecule has 1 aliphatic heterocycles. The molecule has 11 heteroatoms. The van der Waals surface area contributed by atoms with Gasteiger partial charge >= 0.3 is 0 Å². The fourth-order valence-corrected chi connectivity index (χ4v) is 4.91. The highest BCUT2D eigenvalue weighted by Gasteiger charge is 2.33. The molecule has 1 amide bonds. The van der Waals surface area contributed by atoms with Crippen molar-refractivity contribution >= 4 is 40.1 Å². The van der Waals surface area contributed by atoms with E-state index < -0.39 is 15.3 Å². The van der Waals surface area contributed by atoms with Crippen molar-refractivity contribution in [2.45, 2.75) is 43.0 Å². The topological polar surface area (TPSA) is 134 Å². The maximum atomic E-state index is 12.2. The highest BCUT2D eigenvalue weighted by atomic mass is 35.5. The SMILES string of the molecule is Cl.N#CC1CSCN1C(=O)CN(N)C1CCC(S(N)(=O)=O)CC1. The van der Waals surface area contributed by atoms with Gasteiger partial charge in [-0.2, -0.15) is 5.26 Å². The molecule has 8 nitrogen and oxygen atoms in total. The molecule has 23 heavy (non-hydrogen) atoms. The lowest BCUT2D eigenvalue weighted by atomic mass is 9.94. The maximum Gasteiger partial charge on any atom is 0.239 e. The van der Waals surface area contributed by atoms with Gasteiger partial charge in [-0.25, -0.2) is 18.6 Å². The molecule has 2 fully saturated rings. The van der Waals surface area contributed by atoms with Crippen LogP contribution in [0.5, 0.6) is 0 Å². The Balaban J connectivity index is 0.00000264. The van der Waals surface area contributed by atoms with Crippen LogP contribution in [-0.2, 0) is 14.8 Å². The molecule has 1 saturated heterocycles. The third kappa shape index (κ3) is 5.20. The molecule has 1 atom stereocenters. The van der Waals surface area contributed by atoms with Crippen LogP contribution >= 0.6 is 24.2 Å². The van der Waals surface area contributed by atoms with E-state index in [0.29, 0.717) is 37.3 Å². The summed E-state index contributed by atoms with van der Waals surface area (Å²) in [5.41, 5.74) is 0. The Bertz CT molecular complexity index is 560. The first-order chi connectivity index (χ1) is 10.3. The first-order valence-electron chi connectivity index (χ1n) is 7.12. The molecule has 0 bridgehead atoms. The zero-order valence-electron chi connectivity index (χ0n) is 12.6. The zero-order chi connectivity index (χ0) is 16.3. The number of nitriles is 1. The summed E-state index contributed by atoms with van der Waals surface area (Å²) < 4.78 is 22.6. The molecule has 1 aliphatic carbocycles. The van der Waals surface area contributed by atoms with E-state index in [1.807, 2.05) is 0 Å². The molecule has 1 heterocycles. The van der Waals surface area contributed by atoms with Crippen LogP contribution in [0.2, 0.25) is 0 Å². The first-order valence-corrected chi connectivity index (χ1v) is 9.89. The maximum absolute atomic E-state index is 12.2. The van der Waals surface area contributed by atoms with Crippen molar-refractivity contribution in [1.82, 2.24) is 9.91 Å². The quantitative estimate of drug-likeness (QED) is 0.498. The van der Waals surface area contributed by atoms with Gasteiger partial charge in [-0.15, -0.1) is 24.2 Å². The van der Waals surface area contributed by atoms with Gasteiger partial charge < -0.3 is 4.90 Å². The highest BCUT2D eigenvalue weighted by Crippen LogP contribution is 2.26.